The summed E-state index contributed by atoms with van der Waals surface area (Å²) in [4.78, 5) is 22.7. The van der Waals surface area contributed by atoms with E-state index in [0.717, 1.165) is 0 Å². The fourth-order valence-corrected chi connectivity index (χ4v) is 2.02. The molecule has 1 aromatic carbocycles. The molecule has 0 aromatic heterocycles. The maximum absolute atomic E-state index is 13.3. The predicted molar refractivity (Wildman–Crippen MR) is 72.7 cm³/mol. The molecule has 0 radical (unpaired) electrons. The van der Waals surface area contributed by atoms with E-state index in [-0.39, 0.29) is 12.0 Å². The molecule has 19 heavy (non-hydrogen) atoms. The van der Waals surface area contributed by atoms with Crippen molar-refractivity contribution in [2.75, 3.05) is 12.0 Å². The minimum absolute atomic E-state index is 0.157. The highest BCUT2D eigenvalue weighted by Gasteiger charge is 2.19. The van der Waals surface area contributed by atoms with Crippen molar-refractivity contribution in [3.8, 4) is 0 Å². The van der Waals surface area contributed by atoms with Crippen LogP contribution in [-0.2, 0) is 16.0 Å². The Morgan fingerprint density at radius 2 is 2.11 bits per heavy atom. The molecule has 104 valence electrons. The van der Waals surface area contributed by atoms with Crippen molar-refractivity contribution in [1.29, 1.82) is 0 Å². The van der Waals surface area contributed by atoms with Crippen LogP contribution in [0, 0.1) is 5.82 Å². The third-order valence-corrected chi connectivity index (χ3v) is 3.20. The fourth-order valence-electron chi connectivity index (χ4n) is 1.55. The molecule has 2 N–H and O–H groups in total. The molecule has 0 saturated heterocycles. The average Bonchev–Trinajstić information content (AvgIpc) is 2.37. The number of amides is 1. The molecule has 0 aliphatic heterocycles. The Balaban J connectivity index is 2.58. The first-order valence-corrected chi connectivity index (χ1v) is 7.18. The minimum Gasteiger partial charge on any atom is -0.480 e. The Labute approximate surface area is 115 Å². The first-order chi connectivity index (χ1) is 9.04. The lowest BCUT2D eigenvalue weighted by Gasteiger charge is -2.14. The van der Waals surface area contributed by atoms with Crippen LogP contribution in [0.15, 0.2) is 24.3 Å². The molecular formula is C13H16FNO3S. The Morgan fingerprint density at radius 1 is 1.42 bits per heavy atom. The highest BCUT2D eigenvalue weighted by Crippen LogP contribution is 2.07. The van der Waals surface area contributed by atoms with E-state index in [1.54, 1.807) is 6.07 Å². The summed E-state index contributed by atoms with van der Waals surface area (Å²) in [6.07, 6.45) is 2.05. The molecule has 1 amide bonds. The minimum atomic E-state index is -1.07. The lowest BCUT2D eigenvalue weighted by Crippen LogP contribution is -2.42. The summed E-state index contributed by atoms with van der Waals surface area (Å²) in [5.41, 5.74) is 0.258. The van der Waals surface area contributed by atoms with Gasteiger partial charge in [-0.15, -0.1) is 0 Å². The van der Waals surface area contributed by atoms with E-state index in [9.17, 15) is 14.0 Å². The Kier molecular flexibility index (Phi) is 6.35. The summed E-state index contributed by atoms with van der Waals surface area (Å²) in [5.74, 6) is -1.39. The zero-order valence-electron chi connectivity index (χ0n) is 10.6. The van der Waals surface area contributed by atoms with Crippen LogP contribution in [-0.4, -0.2) is 35.0 Å². The number of rotatable bonds is 7. The van der Waals surface area contributed by atoms with Crippen LogP contribution in [0.2, 0.25) is 0 Å². The maximum atomic E-state index is 13.3. The van der Waals surface area contributed by atoms with Crippen LogP contribution in [0.4, 0.5) is 4.39 Å². The van der Waals surface area contributed by atoms with Crippen molar-refractivity contribution in [2.45, 2.75) is 18.9 Å². The van der Waals surface area contributed by atoms with Gasteiger partial charge in [-0.05, 0) is 30.1 Å². The SMILES string of the molecule is CSCCC(NC(=O)Cc1ccccc1F)C(=O)O. The van der Waals surface area contributed by atoms with Gasteiger partial charge < -0.3 is 10.4 Å². The molecule has 0 fully saturated rings. The zero-order chi connectivity index (χ0) is 14.3. The van der Waals surface area contributed by atoms with Gasteiger partial charge in [-0.25, -0.2) is 9.18 Å². The van der Waals surface area contributed by atoms with E-state index in [2.05, 4.69) is 5.32 Å². The number of halogens is 1. The number of nitrogens with one attached hydrogen (secondary N) is 1. The fraction of sp³-hybridized carbons (Fsp3) is 0.385. The molecule has 0 bridgehead atoms. The van der Waals surface area contributed by atoms with Gasteiger partial charge in [-0.3, -0.25) is 4.79 Å². The summed E-state index contributed by atoms with van der Waals surface area (Å²) in [7, 11) is 0. The van der Waals surface area contributed by atoms with Crippen LogP contribution in [0.1, 0.15) is 12.0 Å². The van der Waals surface area contributed by atoms with Gasteiger partial charge in [0.25, 0.3) is 0 Å². The molecule has 0 aliphatic rings. The van der Waals surface area contributed by atoms with Crippen molar-refractivity contribution in [3.05, 3.63) is 35.6 Å². The molecule has 0 heterocycles. The number of hydrogen-bond donors (Lipinski definition) is 2. The van der Waals surface area contributed by atoms with Crippen molar-refractivity contribution in [1.82, 2.24) is 5.32 Å². The molecule has 0 aliphatic carbocycles. The maximum Gasteiger partial charge on any atom is 0.326 e. The number of thioether (sulfide) groups is 1. The van der Waals surface area contributed by atoms with Crippen molar-refractivity contribution in [3.63, 3.8) is 0 Å². The Bertz CT molecular complexity index is 453. The number of carbonyl (C=O) groups excluding carboxylic acids is 1. The van der Waals surface area contributed by atoms with E-state index in [1.165, 1.54) is 30.0 Å². The van der Waals surface area contributed by atoms with Crippen molar-refractivity contribution in [2.24, 2.45) is 0 Å². The summed E-state index contributed by atoms with van der Waals surface area (Å²) in [6, 6.07) is 5.02. The van der Waals surface area contributed by atoms with Gasteiger partial charge in [0.15, 0.2) is 0 Å². The summed E-state index contributed by atoms with van der Waals surface area (Å²) in [5, 5.41) is 11.4. The molecule has 1 rings (SSSR count). The molecule has 0 saturated carbocycles. The third-order valence-electron chi connectivity index (χ3n) is 2.55. The first-order valence-electron chi connectivity index (χ1n) is 5.79. The van der Waals surface area contributed by atoms with E-state index in [1.807, 2.05) is 6.26 Å². The molecule has 6 heteroatoms. The number of carboxylic acids is 1. The standard InChI is InChI=1S/C13H16FNO3S/c1-19-7-6-11(13(17)18)15-12(16)8-9-4-2-3-5-10(9)14/h2-5,11H,6-8H2,1H3,(H,15,16)(H,17,18). The number of hydrogen-bond acceptors (Lipinski definition) is 3. The smallest absolute Gasteiger partial charge is 0.326 e. The summed E-state index contributed by atoms with van der Waals surface area (Å²) < 4.78 is 13.3. The van der Waals surface area contributed by atoms with Gasteiger partial charge in [0.1, 0.15) is 11.9 Å². The van der Waals surface area contributed by atoms with Crippen LogP contribution in [0.25, 0.3) is 0 Å². The van der Waals surface area contributed by atoms with E-state index < -0.39 is 23.7 Å². The van der Waals surface area contributed by atoms with Gasteiger partial charge in [-0.1, -0.05) is 18.2 Å². The summed E-state index contributed by atoms with van der Waals surface area (Å²) >= 11 is 1.51. The average molecular weight is 285 g/mol. The van der Waals surface area contributed by atoms with Gasteiger partial charge in [-0.2, -0.15) is 11.8 Å². The second kappa shape index (κ2) is 7.78. The van der Waals surface area contributed by atoms with Crippen LogP contribution in [0.3, 0.4) is 0 Å². The molecule has 0 spiro atoms. The van der Waals surface area contributed by atoms with E-state index in [0.29, 0.717) is 12.2 Å². The topological polar surface area (TPSA) is 66.4 Å². The number of carboxylic acid groups (broad SMARTS) is 1. The highest BCUT2D eigenvalue weighted by atomic mass is 32.2. The zero-order valence-corrected chi connectivity index (χ0v) is 11.4. The van der Waals surface area contributed by atoms with Gasteiger partial charge in [0.05, 0.1) is 6.42 Å². The predicted octanol–water partition coefficient (Wildman–Crippen LogP) is 1.69. The second-order valence-electron chi connectivity index (χ2n) is 4.01. The number of carbonyl (C=O) groups is 2. The van der Waals surface area contributed by atoms with Gasteiger partial charge in [0, 0.05) is 0 Å². The third kappa shape index (κ3) is 5.30. The lowest BCUT2D eigenvalue weighted by molar-refractivity contribution is -0.141. The second-order valence-corrected chi connectivity index (χ2v) is 4.99. The van der Waals surface area contributed by atoms with Crippen LogP contribution < -0.4 is 5.32 Å². The van der Waals surface area contributed by atoms with Crippen LogP contribution in [0.5, 0.6) is 0 Å². The Hall–Kier alpha value is -1.56. The molecule has 1 atom stereocenters. The van der Waals surface area contributed by atoms with E-state index >= 15 is 0 Å². The largest absolute Gasteiger partial charge is 0.480 e. The number of benzene rings is 1. The Morgan fingerprint density at radius 3 is 2.68 bits per heavy atom. The van der Waals surface area contributed by atoms with Gasteiger partial charge >= 0.3 is 5.97 Å². The normalized spacial score (nSPS) is 11.9. The molecular weight excluding hydrogens is 269 g/mol. The summed E-state index contributed by atoms with van der Waals surface area (Å²) in [6.45, 7) is 0. The number of aliphatic carboxylic acids is 1. The monoisotopic (exact) mass is 285 g/mol. The molecule has 1 unspecified atom stereocenters. The highest BCUT2D eigenvalue weighted by molar-refractivity contribution is 7.98. The quantitative estimate of drug-likeness (QED) is 0.800. The molecule has 4 nitrogen and oxygen atoms in total. The van der Waals surface area contributed by atoms with E-state index in [4.69, 9.17) is 5.11 Å². The van der Waals surface area contributed by atoms with Crippen LogP contribution >= 0.6 is 11.8 Å². The first kappa shape index (κ1) is 15.5. The molecule has 1 aromatic rings. The van der Waals surface area contributed by atoms with Gasteiger partial charge in [0.2, 0.25) is 5.91 Å². The lowest BCUT2D eigenvalue weighted by atomic mass is 10.1. The van der Waals surface area contributed by atoms with Crippen molar-refractivity contribution < 1.29 is 19.1 Å². The van der Waals surface area contributed by atoms with Crippen molar-refractivity contribution >= 4 is 23.6 Å².